The predicted molar refractivity (Wildman–Crippen MR) is 80.5 cm³/mol. The third kappa shape index (κ3) is 1.80. The van der Waals surface area contributed by atoms with E-state index in [1.807, 2.05) is 55.6 Å². The van der Waals surface area contributed by atoms with Crippen molar-refractivity contribution in [2.45, 2.75) is 12.5 Å². The molecule has 0 fully saturated rings. The lowest BCUT2D eigenvalue weighted by Crippen LogP contribution is -2.09. The van der Waals surface area contributed by atoms with Crippen molar-refractivity contribution in [1.29, 1.82) is 0 Å². The van der Waals surface area contributed by atoms with Crippen molar-refractivity contribution in [2.24, 2.45) is 7.05 Å². The minimum atomic E-state index is -0.523. The largest absolute Gasteiger partial charge is 0.388 e. The molecule has 1 aromatic heterocycles. The second-order valence-corrected chi connectivity index (χ2v) is 5.37. The highest BCUT2D eigenvalue weighted by Gasteiger charge is 2.25. The van der Waals surface area contributed by atoms with Gasteiger partial charge in [-0.25, -0.2) is 4.68 Å². The van der Waals surface area contributed by atoms with Gasteiger partial charge in [-0.1, -0.05) is 53.7 Å². The number of benzene rings is 2. The predicted octanol–water partition coefficient (Wildman–Crippen LogP) is 2.74. The lowest BCUT2D eigenvalue weighted by atomic mass is 9.88. The van der Waals surface area contributed by atoms with E-state index in [-0.39, 0.29) is 0 Å². The maximum absolute atomic E-state index is 10.6. The van der Waals surface area contributed by atoms with Crippen molar-refractivity contribution >= 4 is 0 Å². The molecule has 0 bridgehead atoms. The third-order valence-electron chi connectivity index (χ3n) is 4.09. The van der Waals surface area contributed by atoms with Crippen LogP contribution >= 0.6 is 0 Å². The van der Waals surface area contributed by atoms with Crippen LogP contribution < -0.4 is 0 Å². The number of aryl methyl sites for hydroxylation is 1. The summed E-state index contributed by atoms with van der Waals surface area (Å²) >= 11 is 0. The second kappa shape index (κ2) is 4.53. The first-order valence-corrected chi connectivity index (χ1v) is 7.01. The number of hydrogen-bond acceptors (Lipinski definition) is 3. The summed E-state index contributed by atoms with van der Waals surface area (Å²) in [6, 6.07) is 16.0. The fourth-order valence-electron chi connectivity index (χ4n) is 3.09. The zero-order valence-electron chi connectivity index (χ0n) is 11.7. The monoisotopic (exact) mass is 277 g/mol. The number of aliphatic hydroxyl groups is 1. The van der Waals surface area contributed by atoms with Gasteiger partial charge in [-0.05, 0) is 11.1 Å². The Hall–Kier alpha value is -2.46. The van der Waals surface area contributed by atoms with Gasteiger partial charge in [-0.3, -0.25) is 0 Å². The maximum atomic E-state index is 10.6. The first-order valence-electron chi connectivity index (χ1n) is 7.01. The standard InChI is InChI=1S/C17H15N3O/c1-20-17-14-9-5-4-8-13(14)15(21)10-11-6-2-3-7-12(11)16(17)18-19-20/h2-9,15,21H,10H2,1H3. The fourth-order valence-corrected chi connectivity index (χ4v) is 3.09. The molecule has 104 valence electrons. The van der Waals surface area contributed by atoms with E-state index in [0.29, 0.717) is 6.42 Å². The van der Waals surface area contributed by atoms with Crippen molar-refractivity contribution in [1.82, 2.24) is 15.0 Å². The van der Waals surface area contributed by atoms with Crippen LogP contribution in [0.2, 0.25) is 0 Å². The maximum Gasteiger partial charge on any atom is 0.121 e. The van der Waals surface area contributed by atoms with Gasteiger partial charge >= 0.3 is 0 Å². The first kappa shape index (κ1) is 12.3. The van der Waals surface area contributed by atoms with Crippen LogP contribution in [0.5, 0.6) is 0 Å². The Morgan fingerprint density at radius 3 is 2.62 bits per heavy atom. The molecule has 1 heterocycles. The summed E-state index contributed by atoms with van der Waals surface area (Å²) in [5.41, 5.74) is 5.92. The van der Waals surface area contributed by atoms with E-state index in [1.165, 1.54) is 0 Å². The number of rotatable bonds is 0. The highest BCUT2D eigenvalue weighted by atomic mass is 16.3. The minimum Gasteiger partial charge on any atom is -0.388 e. The molecule has 0 amide bonds. The Morgan fingerprint density at radius 2 is 1.76 bits per heavy atom. The van der Waals surface area contributed by atoms with Crippen LogP contribution in [0, 0.1) is 0 Å². The van der Waals surface area contributed by atoms with Gasteiger partial charge in [-0.2, -0.15) is 0 Å². The molecule has 0 saturated carbocycles. The molecule has 4 nitrogen and oxygen atoms in total. The van der Waals surface area contributed by atoms with Gasteiger partial charge in [0.1, 0.15) is 5.69 Å². The molecule has 4 heteroatoms. The lowest BCUT2D eigenvalue weighted by Gasteiger charge is -2.21. The van der Waals surface area contributed by atoms with Gasteiger partial charge in [0.15, 0.2) is 0 Å². The molecule has 1 N–H and O–H groups in total. The van der Waals surface area contributed by atoms with E-state index in [1.54, 1.807) is 4.68 Å². The second-order valence-electron chi connectivity index (χ2n) is 5.37. The zero-order valence-corrected chi connectivity index (χ0v) is 11.7. The van der Waals surface area contributed by atoms with Gasteiger partial charge in [0.2, 0.25) is 0 Å². The van der Waals surface area contributed by atoms with Crippen molar-refractivity contribution in [2.75, 3.05) is 0 Å². The molecule has 0 spiro atoms. The van der Waals surface area contributed by atoms with Crippen LogP contribution in [0.15, 0.2) is 48.5 Å². The van der Waals surface area contributed by atoms with E-state index in [0.717, 1.165) is 33.6 Å². The summed E-state index contributed by atoms with van der Waals surface area (Å²) < 4.78 is 1.78. The average molecular weight is 277 g/mol. The third-order valence-corrected chi connectivity index (χ3v) is 4.09. The quantitative estimate of drug-likeness (QED) is 0.687. The summed E-state index contributed by atoms with van der Waals surface area (Å²) in [5.74, 6) is 0. The molecule has 0 aliphatic heterocycles. The topological polar surface area (TPSA) is 50.9 Å². The Balaban J connectivity index is 2.11. The Morgan fingerprint density at radius 1 is 1.05 bits per heavy atom. The zero-order chi connectivity index (χ0) is 14.4. The van der Waals surface area contributed by atoms with Gasteiger partial charge in [0.05, 0.1) is 11.8 Å². The SMILES string of the molecule is Cn1nnc2c1-c1ccccc1C(O)Cc1ccccc1-2. The van der Waals surface area contributed by atoms with Crippen LogP contribution in [0.1, 0.15) is 17.2 Å². The van der Waals surface area contributed by atoms with Gasteiger partial charge in [0.25, 0.3) is 0 Å². The molecule has 1 aliphatic rings. The van der Waals surface area contributed by atoms with Gasteiger partial charge in [0, 0.05) is 24.6 Å². The fraction of sp³-hybridized carbons (Fsp3) is 0.176. The van der Waals surface area contributed by atoms with Crippen molar-refractivity contribution < 1.29 is 5.11 Å². The number of aromatic nitrogens is 3. The summed E-state index contributed by atoms with van der Waals surface area (Å²) in [5, 5.41) is 19.2. The van der Waals surface area contributed by atoms with Gasteiger partial charge in [-0.15, -0.1) is 5.10 Å². The molecule has 4 rings (SSSR count). The summed E-state index contributed by atoms with van der Waals surface area (Å²) in [6.07, 6.45) is 0.0637. The molecule has 0 radical (unpaired) electrons. The van der Waals surface area contributed by atoms with Crippen LogP contribution in [0.4, 0.5) is 0 Å². The summed E-state index contributed by atoms with van der Waals surface area (Å²) in [4.78, 5) is 0. The van der Waals surface area contributed by atoms with Crippen LogP contribution in [0.3, 0.4) is 0 Å². The van der Waals surface area contributed by atoms with Crippen LogP contribution in [-0.4, -0.2) is 20.1 Å². The minimum absolute atomic E-state index is 0.523. The van der Waals surface area contributed by atoms with Crippen molar-refractivity contribution in [3.05, 3.63) is 59.7 Å². The smallest absolute Gasteiger partial charge is 0.121 e. The molecule has 21 heavy (non-hydrogen) atoms. The van der Waals surface area contributed by atoms with E-state index in [2.05, 4.69) is 10.3 Å². The average Bonchev–Trinajstić information content (AvgIpc) is 2.87. The number of aliphatic hydroxyl groups excluding tert-OH is 1. The van der Waals surface area contributed by atoms with Crippen LogP contribution in [-0.2, 0) is 13.5 Å². The summed E-state index contributed by atoms with van der Waals surface area (Å²) in [6.45, 7) is 0. The number of hydrogen-bond donors (Lipinski definition) is 1. The molecule has 1 unspecified atom stereocenters. The van der Waals surface area contributed by atoms with E-state index in [4.69, 9.17) is 0 Å². The molecular weight excluding hydrogens is 262 g/mol. The number of nitrogens with zero attached hydrogens (tertiary/aromatic N) is 3. The molecule has 0 saturated heterocycles. The molecule has 2 aromatic carbocycles. The summed E-state index contributed by atoms with van der Waals surface area (Å²) in [7, 11) is 1.89. The molecular formula is C17H15N3O. The van der Waals surface area contributed by atoms with Crippen molar-refractivity contribution in [3.63, 3.8) is 0 Å². The van der Waals surface area contributed by atoms with E-state index in [9.17, 15) is 5.11 Å². The van der Waals surface area contributed by atoms with Crippen LogP contribution in [0.25, 0.3) is 22.5 Å². The highest BCUT2D eigenvalue weighted by Crippen LogP contribution is 2.39. The lowest BCUT2D eigenvalue weighted by molar-refractivity contribution is 0.179. The Kier molecular flexibility index (Phi) is 2.65. The molecule has 1 atom stereocenters. The van der Waals surface area contributed by atoms with E-state index >= 15 is 0 Å². The highest BCUT2D eigenvalue weighted by molar-refractivity contribution is 5.82. The molecule has 1 aliphatic carbocycles. The molecule has 3 aromatic rings. The Labute approximate surface area is 122 Å². The van der Waals surface area contributed by atoms with E-state index < -0.39 is 6.10 Å². The Bertz CT molecular complexity index is 822. The normalized spacial score (nSPS) is 16.4. The first-order chi connectivity index (χ1) is 10.3. The number of fused-ring (bicyclic) bond motifs is 5. The van der Waals surface area contributed by atoms with Crippen molar-refractivity contribution in [3.8, 4) is 22.5 Å². The van der Waals surface area contributed by atoms with Gasteiger partial charge < -0.3 is 5.11 Å².